The van der Waals surface area contributed by atoms with Crippen LogP contribution in [0.4, 0.5) is 0 Å². The summed E-state index contributed by atoms with van der Waals surface area (Å²) in [5.74, 6) is 0.930. The monoisotopic (exact) mass is 294 g/mol. The number of carbonyl (C=O) groups excluding carboxylic acids is 1. The molecule has 3 heteroatoms. The molecule has 2 aromatic carbocycles. The summed E-state index contributed by atoms with van der Waals surface area (Å²) in [6.45, 7) is 0. The topological polar surface area (TPSA) is 26.3 Å². The van der Waals surface area contributed by atoms with E-state index in [1.54, 1.807) is 11.3 Å². The van der Waals surface area contributed by atoms with Gasteiger partial charge in [-0.15, -0.1) is 11.3 Å². The minimum absolute atomic E-state index is 0.0779. The molecule has 1 fully saturated rings. The highest BCUT2D eigenvalue weighted by Gasteiger charge is 2.23. The predicted octanol–water partition coefficient (Wildman–Crippen LogP) is 4.67. The Kier molecular flexibility index (Phi) is 3.00. The molecule has 1 aliphatic rings. The van der Waals surface area contributed by atoms with Gasteiger partial charge in [-0.1, -0.05) is 18.2 Å². The molecule has 0 spiro atoms. The molecule has 1 saturated carbocycles. The summed E-state index contributed by atoms with van der Waals surface area (Å²) >= 11 is 1.54. The number of rotatable bonds is 4. The first-order chi connectivity index (χ1) is 10.3. The number of fused-ring (bicyclic) bond motifs is 1. The zero-order valence-electron chi connectivity index (χ0n) is 11.4. The molecule has 0 unspecified atom stereocenters. The van der Waals surface area contributed by atoms with Crippen LogP contribution in [0.1, 0.15) is 28.1 Å². The van der Waals surface area contributed by atoms with E-state index in [0.29, 0.717) is 11.7 Å². The van der Waals surface area contributed by atoms with E-state index >= 15 is 0 Å². The lowest BCUT2D eigenvalue weighted by molar-refractivity contribution is 0.104. The van der Waals surface area contributed by atoms with E-state index < -0.39 is 0 Å². The van der Waals surface area contributed by atoms with E-state index in [4.69, 9.17) is 4.74 Å². The largest absolute Gasteiger partial charge is 0.490 e. The van der Waals surface area contributed by atoms with Gasteiger partial charge >= 0.3 is 0 Å². The van der Waals surface area contributed by atoms with Crippen molar-refractivity contribution in [2.45, 2.75) is 18.9 Å². The highest BCUT2D eigenvalue weighted by Crippen LogP contribution is 2.29. The summed E-state index contributed by atoms with van der Waals surface area (Å²) in [5.41, 5.74) is 0.713. The number of ether oxygens (including phenoxy) is 1. The van der Waals surface area contributed by atoms with Gasteiger partial charge in [-0.25, -0.2) is 0 Å². The molecule has 1 aliphatic carbocycles. The first kappa shape index (κ1) is 12.6. The van der Waals surface area contributed by atoms with Gasteiger partial charge in [0, 0.05) is 10.3 Å². The van der Waals surface area contributed by atoms with Gasteiger partial charge in [-0.05, 0) is 54.6 Å². The first-order valence-corrected chi connectivity index (χ1v) is 7.91. The van der Waals surface area contributed by atoms with E-state index in [2.05, 4.69) is 0 Å². The van der Waals surface area contributed by atoms with Gasteiger partial charge in [0.15, 0.2) is 0 Å². The van der Waals surface area contributed by atoms with Crippen molar-refractivity contribution in [3.63, 3.8) is 0 Å². The van der Waals surface area contributed by atoms with Crippen LogP contribution in [0.2, 0.25) is 0 Å². The number of thiophene rings is 1. The summed E-state index contributed by atoms with van der Waals surface area (Å²) in [4.78, 5) is 13.3. The third kappa shape index (κ3) is 2.57. The van der Waals surface area contributed by atoms with Crippen LogP contribution in [0, 0.1) is 0 Å². The number of carbonyl (C=O) groups is 1. The lowest BCUT2D eigenvalue weighted by Gasteiger charge is -2.04. The molecule has 0 amide bonds. The van der Waals surface area contributed by atoms with Crippen molar-refractivity contribution < 1.29 is 9.53 Å². The molecule has 0 N–H and O–H groups in total. The van der Waals surface area contributed by atoms with Gasteiger partial charge < -0.3 is 4.74 Å². The van der Waals surface area contributed by atoms with Crippen LogP contribution < -0.4 is 4.74 Å². The maximum absolute atomic E-state index is 12.5. The normalized spacial score (nSPS) is 14.3. The number of ketones is 1. The fourth-order valence-corrected chi connectivity index (χ4v) is 3.32. The van der Waals surface area contributed by atoms with Crippen molar-refractivity contribution in [2.24, 2.45) is 0 Å². The Morgan fingerprint density at radius 2 is 1.81 bits per heavy atom. The first-order valence-electron chi connectivity index (χ1n) is 7.09. The highest BCUT2D eigenvalue weighted by atomic mass is 32.1. The molecule has 0 saturated heterocycles. The molecular weight excluding hydrogens is 280 g/mol. The van der Waals surface area contributed by atoms with Crippen LogP contribution >= 0.6 is 11.3 Å². The molecular formula is C18H14O2S. The van der Waals surface area contributed by atoms with Crippen molar-refractivity contribution in [3.8, 4) is 5.75 Å². The molecule has 0 atom stereocenters. The summed E-state index contributed by atoms with van der Waals surface area (Å²) < 4.78 is 6.85. The Hall–Kier alpha value is -2.13. The summed E-state index contributed by atoms with van der Waals surface area (Å²) in [6.07, 6.45) is 2.67. The third-order valence-electron chi connectivity index (χ3n) is 3.59. The Morgan fingerprint density at radius 3 is 2.52 bits per heavy atom. The van der Waals surface area contributed by atoms with Gasteiger partial charge in [0.05, 0.1) is 11.0 Å². The van der Waals surface area contributed by atoms with Gasteiger partial charge in [-0.3, -0.25) is 4.79 Å². The van der Waals surface area contributed by atoms with Gasteiger partial charge in [0.25, 0.3) is 0 Å². The van der Waals surface area contributed by atoms with E-state index in [9.17, 15) is 4.79 Å². The summed E-state index contributed by atoms with van der Waals surface area (Å²) in [6, 6.07) is 17.5. The van der Waals surface area contributed by atoms with E-state index in [1.165, 1.54) is 0 Å². The lowest BCUT2D eigenvalue weighted by Crippen LogP contribution is -2.00. The maximum atomic E-state index is 12.5. The fourth-order valence-electron chi connectivity index (χ4n) is 2.30. The summed E-state index contributed by atoms with van der Waals surface area (Å²) in [5, 5.41) is 1.12. The Morgan fingerprint density at radius 1 is 1.05 bits per heavy atom. The standard InChI is InChI=1S/C18H14O2S/c19-18(17-11-13-3-1-2-4-16(13)21-17)12-5-7-14(8-6-12)20-15-9-10-15/h1-8,11,15H,9-10H2. The third-order valence-corrected chi connectivity index (χ3v) is 4.71. The van der Waals surface area contributed by atoms with Crippen molar-refractivity contribution >= 4 is 27.2 Å². The molecule has 3 aromatic rings. The number of hydrogen-bond donors (Lipinski definition) is 0. The minimum Gasteiger partial charge on any atom is -0.490 e. The second-order valence-electron chi connectivity index (χ2n) is 5.32. The van der Waals surface area contributed by atoms with Crippen molar-refractivity contribution in [2.75, 3.05) is 0 Å². The van der Waals surface area contributed by atoms with Crippen LogP contribution in [0.15, 0.2) is 54.6 Å². The molecule has 4 rings (SSSR count). The molecule has 1 aromatic heterocycles. The molecule has 0 radical (unpaired) electrons. The predicted molar refractivity (Wildman–Crippen MR) is 85.3 cm³/mol. The lowest BCUT2D eigenvalue weighted by atomic mass is 10.1. The average molecular weight is 294 g/mol. The molecule has 2 nitrogen and oxygen atoms in total. The smallest absolute Gasteiger partial charge is 0.202 e. The summed E-state index contributed by atoms with van der Waals surface area (Å²) in [7, 11) is 0. The Bertz CT molecular complexity index is 764. The van der Waals surface area contributed by atoms with Gasteiger partial charge in [0.2, 0.25) is 5.78 Å². The van der Waals surface area contributed by atoms with Crippen LogP contribution in [0.3, 0.4) is 0 Å². The van der Waals surface area contributed by atoms with Gasteiger partial charge in [0.1, 0.15) is 5.75 Å². The van der Waals surface area contributed by atoms with Gasteiger partial charge in [-0.2, -0.15) is 0 Å². The zero-order valence-corrected chi connectivity index (χ0v) is 12.2. The molecule has 0 bridgehead atoms. The van der Waals surface area contributed by atoms with E-state index in [1.807, 2.05) is 54.6 Å². The number of hydrogen-bond acceptors (Lipinski definition) is 3. The van der Waals surface area contributed by atoms with E-state index in [-0.39, 0.29) is 5.78 Å². The Balaban J connectivity index is 1.60. The van der Waals surface area contributed by atoms with Crippen LogP contribution in [0.5, 0.6) is 5.75 Å². The van der Waals surface area contributed by atoms with E-state index in [0.717, 1.165) is 33.6 Å². The molecule has 0 aliphatic heterocycles. The second-order valence-corrected chi connectivity index (χ2v) is 6.40. The minimum atomic E-state index is 0.0779. The van der Waals surface area contributed by atoms with Crippen LogP contribution in [-0.2, 0) is 0 Å². The van der Waals surface area contributed by atoms with Crippen molar-refractivity contribution in [1.82, 2.24) is 0 Å². The maximum Gasteiger partial charge on any atom is 0.202 e. The SMILES string of the molecule is O=C(c1ccc(OC2CC2)cc1)c1cc2ccccc2s1. The van der Waals surface area contributed by atoms with Crippen molar-refractivity contribution in [3.05, 3.63) is 65.0 Å². The average Bonchev–Trinajstić information content (AvgIpc) is 3.22. The molecule has 21 heavy (non-hydrogen) atoms. The molecule has 104 valence electrons. The van der Waals surface area contributed by atoms with Crippen LogP contribution in [0.25, 0.3) is 10.1 Å². The fraction of sp³-hybridized carbons (Fsp3) is 0.167. The Labute approximate surface area is 127 Å². The van der Waals surface area contributed by atoms with Crippen LogP contribution in [-0.4, -0.2) is 11.9 Å². The quantitative estimate of drug-likeness (QED) is 0.653. The van der Waals surface area contributed by atoms with Crippen molar-refractivity contribution in [1.29, 1.82) is 0 Å². The highest BCUT2D eigenvalue weighted by molar-refractivity contribution is 7.21. The molecule has 1 heterocycles. The number of benzene rings is 2. The zero-order chi connectivity index (χ0) is 14.2. The second kappa shape index (κ2) is 5.01.